The number of aliphatic hydroxyl groups is 1. The lowest BCUT2D eigenvalue weighted by atomic mass is 10.1. The first-order valence-corrected chi connectivity index (χ1v) is 15.0. The van der Waals surface area contributed by atoms with Crippen molar-refractivity contribution >= 4 is 51.5 Å². The average molecular weight is 693 g/mol. The summed E-state index contributed by atoms with van der Waals surface area (Å²) in [6, 6.07) is 9.50. The number of urea groups is 1. The second kappa shape index (κ2) is 15.5. The molecule has 0 radical (unpaired) electrons. The first kappa shape index (κ1) is 35.5. The zero-order valence-electron chi connectivity index (χ0n) is 25.1. The van der Waals surface area contributed by atoms with Crippen LogP contribution in [0, 0.1) is 11.6 Å². The van der Waals surface area contributed by atoms with Crippen molar-refractivity contribution in [1.82, 2.24) is 9.97 Å². The van der Waals surface area contributed by atoms with E-state index < -0.39 is 57.8 Å². The van der Waals surface area contributed by atoms with Gasteiger partial charge < -0.3 is 35.3 Å². The molecule has 1 atom stereocenters. The fourth-order valence-electron chi connectivity index (χ4n) is 3.98. The number of hydrogen-bond donors (Lipinski definition) is 5. The van der Waals surface area contributed by atoms with E-state index in [0.717, 1.165) is 6.07 Å². The highest BCUT2D eigenvalue weighted by Crippen LogP contribution is 2.33. The number of amides is 3. The number of alkyl halides is 3. The maximum atomic E-state index is 15.1. The van der Waals surface area contributed by atoms with Gasteiger partial charge in [0, 0.05) is 23.5 Å². The molecule has 3 amide bonds. The summed E-state index contributed by atoms with van der Waals surface area (Å²) in [5.74, 6) is -1.86. The van der Waals surface area contributed by atoms with Crippen molar-refractivity contribution in [2.24, 2.45) is 4.36 Å². The maximum absolute atomic E-state index is 15.1. The molecule has 1 heterocycles. The van der Waals surface area contributed by atoms with Gasteiger partial charge in [0.2, 0.25) is 5.95 Å². The van der Waals surface area contributed by atoms with Gasteiger partial charge >= 0.3 is 18.3 Å². The van der Waals surface area contributed by atoms with Gasteiger partial charge in [-0.25, -0.2) is 23.4 Å². The van der Waals surface area contributed by atoms with Gasteiger partial charge in [-0.05, 0) is 55.8 Å². The van der Waals surface area contributed by atoms with Crippen LogP contribution in [-0.4, -0.2) is 46.5 Å². The van der Waals surface area contributed by atoms with Gasteiger partial charge in [0.1, 0.15) is 17.5 Å². The summed E-state index contributed by atoms with van der Waals surface area (Å²) >= 11 is 0. The Balaban J connectivity index is 1.55. The summed E-state index contributed by atoms with van der Waals surface area (Å²) in [6.45, 7) is 3.02. The number of aliphatic hydroxyl groups excluding tert-OH is 1. The number of nitrogens with zero attached hydrogens (tertiary/aromatic N) is 3. The molecular weight excluding hydrogens is 665 g/mol. The van der Waals surface area contributed by atoms with Gasteiger partial charge in [0.15, 0.2) is 0 Å². The Morgan fingerprint density at radius 1 is 1.02 bits per heavy atom. The highest BCUT2D eigenvalue weighted by atomic mass is 32.2. The topological polar surface area (TPSA) is 167 Å². The standard InChI is InChI=1S/C30H27F5N7O5S/c1-3-47-29(45)42-48(46)20-6-4-5-19(13-20)38-27-36-14-21(26(41-27)37-16(2)15-43)17-7-10-24(23(32)11-17)39-28(44)40-25-12-18(30(33,34)35)8-9-22(25)31/h4-14,16,43H,3,15H2,1-2H3,(H2,39,40,44)(H2,36,37,38,41)/q-1. The van der Waals surface area contributed by atoms with E-state index in [1.165, 1.54) is 30.5 Å². The third kappa shape index (κ3) is 9.35. The molecule has 1 aromatic heterocycles. The highest BCUT2D eigenvalue weighted by Gasteiger charge is 2.31. The molecule has 0 spiro atoms. The normalized spacial score (nSPS) is 12.6. The molecule has 0 saturated carbocycles. The van der Waals surface area contributed by atoms with Gasteiger partial charge in [0.25, 0.3) is 0 Å². The predicted molar refractivity (Wildman–Crippen MR) is 167 cm³/mol. The Bertz CT molecular complexity index is 1900. The van der Waals surface area contributed by atoms with Crippen LogP contribution in [0.15, 0.2) is 76.1 Å². The van der Waals surface area contributed by atoms with Gasteiger partial charge in [-0.15, -0.1) is 10.6 Å². The van der Waals surface area contributed by atoms with Gasteiger partial charge in [0.05, 0.1) is 30.2 Å². The van der Waals surface area contributed by atoms with E-state index >= 15 is 4.39 Å². The number of carbonyl (C=O) groups is 2. The van der Waals surface area contributed by atoms with E-state index in [2.05, 4.69) is 35.0 Å². The minimum Gasteiger partial charge on any atom is -0.450 e. The number of anilines is 5. The summed E-state index contributed by atoms with van der Waals surface area (Å²) in [5, 5.41) is 19.6. The van der Waals surface area contributed by atoms with Gasteiger partial charge in [-0.2, -0.15) is 18.2 Å². The zero-order chi connectivity index (χ0) is 35.0. The molecule has 0 aliphatic heterocycles. The molecule has 1 unspecified atom stereocenters. The van der Waals surface area contributed by atoms with Gasteiger partial charge in [-0.1, -0.05) is 29.2 Å². The monoisotopic (exact) mass is 692 g/mol. The van der Waals surface area contributed by atoms with Gasteiger partial charge in [-0.3, -0.25) is 4.36 Å². The molecule has 3 aromatic carbocycles. The van der Waals surface area contributed by atoms with Crippen LogP contribution in [0.4, 0.5) is 60.4 Å². The van der Waals surface area contributed by atoms with E-state index in [-0.39, 0.29) is 46.7 Å². The summed E-state index contributed by atoms with van der Waals surface area (Å²) < 4.78 is 88.7. The SMILES string of the molecule is CCOC(=O)N=[S-](=O)c1cccc(Nc2ncc(-c3ccc(NC(=O)Nc4cc(C(F)(F)F)ccc4F)c(F)c3)c(NC(C)CO)n2)c1. The first-order valence-electron chi connectivity index (χ1n) is 13.9. The second-order valence-electron chi connectivity index (χ2n) is 9.84. The number of carbonyl (C=O) groups excluding carboxylic acids is 2. The minimum absolute atomic E-state index is 0.0499. The number of ether oxygens (including phenoxy) is 1. The third-order valence-corrected chi connectivity index (χ3v) is 7.21. The summed E-state index contributed by atoms with van der Waals surface area (Å²) in [4.78, 5) is 32.8. The van der Waals surface area contributed by atoms with E-state index in [9.17, 15) is 36.5 Å². The molecule has 0 fully saturated rings. The number of hydrogen-bond acceptors (Lipinski definition) is 10. The lowest BCUT2D eigenvalue weighted by Crippen LogP contribution is -2.21. The average Bonchev–Trinajstić information content (AvgIpc) is 3.03. The molecule has 0 bridgehead atoms. The molecule has 0 aliphatic rings. The molecule has 5 N–H and O–H groups in total. The molecule has 12 nitrogen and oxygen atoms in total. The smallest absolute Gasteiger partial charge is 0.416 e. The lowest BCUT2D eigenvalue weighted by molar-refractivity contribution is -0.137. The Hall–Kier alpha value is -5.36. The molecule has 4 aromatic rings. The van der Waals surface area contributed by atoms with E-state index in [0.29, 0.717) is 23.9 Å². The molecule has 0 saturated heterocycles. The Morgan fingerprint density at radius 2 is 1.77 bits per heavy atom. The number of aromatic nitrogens is 2. The summed E-state index contributed by atoms with van der Waals surface area (Å²) in [5.41, 5.74) is -1.41. The Labute approximate surface area is 272 Å². The zero-order valence-corrected chi connectivity index (χ0v) is 25.9. The van der Waals surface area contributed by atoms with Crippen molar-refractivity contribution in [3.05, 3.63) is 84.1 Å². The van der Waals surface area contributed by atoms with E-state index in [1.807, 2.05) is 5.32 Å². The summed E-state index contributed by atoms with van der Waals surface area (Å²) in [7, 11) is -2.04. The maximum Gasteiger partial charge on any atom is 0.416 e. The predicted octanol–water partition coefficient (Wildman–Crippen LogP) is 7.28. The number of nitrogens with one attached hydrogen (secondary N) is 4. The third-order valence-electron chi connectivity index (χ3n) is 6.23. The molecule has 0 aliphatic carbocycles. The quantitative estimate of drug-likeness (QED) is 0.0848. The molecule has 18 heteroatoms. The minimum atomic E-state index is -4.78. The molecule has 4 rings (SSSR count). The molecular formula is C30H27F5N7O5S-. The molecule has 48 heavy (non-hydrogen) atoms. The van der Waals surface area contributed by atoms with Crippen LogP contribution >= 0.6 is 0 Å². The van der Waals surface area contributed by atoms with Crippen LogP contribution in [0.5, 0.6) is 0 Å². The van der Waals surface area contributed by atoms with Crippen molar-refractivity contribution in [3.8, 4) is 11.1 Å². The van der Waals surface area contributed by atoms with Crippen molar-refractivity contribution in [2.75, 3.05) is 34.5 Å². The number of halogens is 5. The summed E-state index contributed by atoms with van der Waals surface area (Å²) in [6.07, 6.45) is -4.40. The fourth-order valence-corrected chi connectivity index (χ4v) is 4.70. The molecule has 254 valence electrons. The van der Waals surface area contributed by atoms with Crippen LogP contribution in [0.1, 0.15) is 19.4 Å². The van der Waals surface area contributed by atoms with Crippen LogP contribution in [0.25, 0.3) is 11.1 Å². The van der Waals surface area contributed by atoms with E-state index in [4.69, 9.17) is 0 Å². The number of rotatable bonds is 10. The largest absolute Gasteiger partial charge is 0.450 e. The highest BCUT2D eigenvalue weighted by molar-refractivity contribution is 7.75. The van der Waals surface area contributed by atoms with Crippen molar-refractivity contribution in [1.29, 1.82) is 0 Å². The fraction of sp³-hybridized carbons (Fsp3) is 0.200. The van der Waals surface area contributed by atoms with E-state index in [1.54, 1.807) is 26.0 Å². The van der Waals surface area contributed by atoms with Crippen LogP contribution in [0.2, 0.25) is 0 Å². The Kier molecular flexibility index (Phi) is 11.5. The van der Waals surface area contributed by atoms with Crippen molar-refractivity contribution in [2.45, 2.75) is 31.0 Å². The van der Waals surface area contributed by atoms with Crippen LogP contribution in [0.3, 0.4) is 0 Å². The van der Waals surface area contributed by atoms with Crippen molar-refractivity contribution < 1.29 is 45.6 Å². The van der Waals surface area contributed by atoms with Crippen LogP contribution in [-0.2, 0) is 25.7 Å². The van der Waals surface area contributed by atoms with Crippen LogP contribution < -0.4 is 21.3 Å². The first-order chi connectivity index (χ1) is 22.8. The number of benzene rings is 3. The van der Waals surface area contributed by atoms with Crippen molar-refractivity contribution in [3.63, 3.8) is 0 Å². The second-order valence-corrected chi connectivity index (χ2v) is 11.0. The Morgan fingerprint density at radius 3 is 2.46 bits per heavy atom. The lowest BCUT2D eigenvalue weighted by Gasteiger charge is -2.17.